The molecular formula is C33H37N5O3. The summed E-state index contributed by atoms with van der Waals surface area (Å²) in [5.41, 5.74) is 6.64. The molecule has 4 aliphatic rings. The van der Waals surface area contributed by atoms with Crippen molar-refractivity contribution in [1.29, 1.82) is 0 Å². The SMILES string of the molecule is C[C@@H]1CN(Cc2cc(C3CC3)c3occ(-c4cc(C(c5nncn5C)C5CC5)cc(C5CC5)n4)c(=O)c3c2)CCO1. The molecule has 1 aromatic carbocycles. The van der Waals surface area contributed by atoms with Crippen LogP contribution in [0.5, 0.6) is 0 Å². The average molecular weight is 552 g/mol. The molecule has 0 amide bonds. The Labute approximate surface area is 239 Å². The van der Waals surface area contributed by atoms with E-state index in [1.54, 1.807) is 12.6 Å². The number of hydrogen-bond donors (Lipinski definition) is 0. The van der Waals surface area contributed by atoms with Gasteiger partial charge in [0.25, 0.3) is 0 Å². The lowest BCUT2D eigenvalue weighted by atomic mass is 9.91. The number of aromatic nitrogens is 4. The van der Waals surface area contributed by atoms with Crippen molar-refractivity contribution in [3.05, 3.63) is 75.3 Å². The summed E-state index contributed by atoms with van der Waals surface area (Å²) in [7, 11) is 2.01. The van der Waals surface area contributed by atoms with E-state index >= 15 is 0 Å². The van der Waals surface area contributed by atoms with Crippen LogP contribution in [0.1, 0.15) is 91.4 Å². The fourth-order valence-electron chi connectivity index (χ4n) is 6.70. The van der Waals surface area contributed by atoms with Gasteiger partial charge in [-0.2, -0.15) is 0 Å². The summed E-state index contributed by atoms with van der Waals surface area (Å²) in [5, 5.41) is 9.36. The third kappa shape index (κ3) is 4.91. The molecule has 0 spiro atoms. The lowest BCUT2D eigenvalue weighted by Crippen LogP contribution is -2.40. The molecule has 2 atom stereocenters. The lowest BCUT2D eigenvalue weighted by Gasteiger charge is -2.31. The Morgan fingerprint density at radius 3 is 2.59 bits per heavy atom. The van der Waals surface area contributed by atoms with Crippen LogP contribution in [0.2, 0.25) is 0 Å². The molecule has 4 heterocycles. The molecule has 3 aliphatic carbocycles. The molecular weight excluding hydrogens is 514 g/mol. The number of aryl methyl sites for hydroxylation is 1. The van der Waals surface area contributed by atoms with E-state index in [1.165, 1.54) is 29.5 Å². The van der Waals surface area contributed by atoms with Crippen molar-refractivity contribution in [3.8, 4) is 11.3 Å². The molecule has 0 radical (unpaired) electrons. The first kappa shape index (κ1) is 25.4. The van der Waals surface area contributed by atoms with Crippen LogP contribution in [-0.4, -0.2) is 50.4 Å². The van der Waals surface area contributed by atoms with Crippen LogP contribution in [0, 0.1) is 5.92 Å². The highest BCUT2D eigenvalue weighted by Gasteiger charge is 2.38. The largest absolute Gasteiger partial charge is 0.463 e. The van der Waals surface area contributed by atoms with E-state index in [0.29, 0.717) is 34.4 Å². The maximum atomic E-state index is 14.3. The first-order valence-corrected chi connectivity index (χ1v) is 15.3. The van der Waals surface area contributed by atoms with E-state index in [1.807, 2.05) is 11.6 Å². The van der Waals surface area contributed by atoms with Gasteiger partial charge in [-0.3, -0.25) is 14.7 Å². The number of ether oxygens (including phenoxy) is 1. The van der Waals surface area contributed by atoms with Crippen molar-refractivity contribution >= 4 is 11.0 Å². The van der Waals surface area contributed by atoms with Crippen molar-refractivity contribution in [3.63, 3.8) is 0 Å². The van der Waals surface area contributed by atoms with Crippen LogP contribution in [0.25, 0.3) is 22.2 Å². The predicted molar refractivity (Wildman–Crippen MR) is 156 cm³/mol. The Balaban J connectivity index is 1.24. The van der Waals surface area contributed by atoms with Crippen molar-refractivity contribution in [1.82, 2.24) is 24.6 Å². The van der Waals surface area contributed by atoms with Crippen LogP contribution >= 0.6 is 0 Å². The molecule has 41 heavy (non-hydrogen) atoms. The molecule has 4 fully saturated rings. The van der Waals surface area contributed by atoms with Gasteiger partial charge in [0.1, 0.15) is 24.0 Å². The van der Waals surface area contributed by atoms with E-state index in [0.717, 1.165) is 69.0 Å². The maximum Gasteiger partial charge on any atom is 0.202 e. The summed E-state index contributed by atoms with van der Waals surface area (Å²) in [6.07, 6.45) is 10.6. The van der Waals surface area contributed by atoms with Crippen LogP contribution in [-0.2, 0) is 18.3 Å². The van der Waals surface area contributed by atoms with Crippen molar-refractivity contribution in [2.75, 3.05) is 19.7 Å². The van der Waals surface area contributed by atoms with Gasteiger partial charge < -0.3 is 13.7 Å². The van der Waals surface area contributed by atoms with Crippen LogP contribution in [0.4, 0.5) is 0 Å². The lowest BCUT2D eigenvalue weighted by molar-refractivity contribution is -0.0212. The summed E-state index contributed by atoms with van der Waals surface area (Å²) in [5.74, 6) is 2.61. The first-order chi connectivity index (χ1) is 20.0. The van der Waals surface area contributed by atoms with Gasteiger partial charge in [0.15, 0.2) is 0 Å². The van der Waals surface area contributed by atoms with Crippen molar-refractivity contribution in [2.24, 2.45) is 13.0 Å². The standard InChI is InChI=1S/C33H37N5O3/c1-19-15-38(9-10-40-19)16-20-11-25(21-3-4-21)32-26(12-20)31(39)27(17-41-32)29-14-24(13-28(35-29)22-5-6-22)30(23-7-8-23)33-36-34-18-37(33)2/h11-14,17-19,21-23,30H,3-10,15-16H2,1-2H3/t19-,30?/m1/s1. The van der Waals surface area contributed by atoms with Gasteiger partial charge in [0.05, 0.1) is 29.4 Å². The number of fused-ring (bicyclic) bond motifs is 1. The number of benzene rings is 1. The maximum absolute atomic E-state index is 14.3. The molecule has 1 aliphatic heterocycles. The number of morpholine rings is 1. The smallest absolute Gasteiger partial charge is 0.202 e. The van der Waals surface area contributed by atoms with Gasteiger partial charge in [-0.25, -0.2) is 0 Å². The molecule has 8 heteroatoms. The molecule has 0 N–H and O–H groups in total. The molecule has 1 saturated heterocycles. The third-order valence-electron chi connectivity index (χ3n) is 9.33. The minimum absolute atomic E-state index is 0.0124. The van der Waals surface area contributed by atoms with E-state index in [2.05, 4.69) is 46.3 Å². The number of rotatable bonds is 8. The highest BCUT2D eigenvalue weighted by Crippen LogP contribution is 2.48. The fourth-order valence-corrected chi connectivity index (χ4v) is 6.70. The molecule has 1 unspecified atom stereocenters. The highest BCUT2D eigenvalue weighted by atomic mass is 16.5. The summed E-state index contributed by atoms with van der Waals surface area (Å²) in [6, 6.07) is 8.71. The number of hydrogen-bond acceptors (Lipinski definition) is 7. The van der Waals surface area contributed by atoms with Crippen molar-refractivity contribution in [2.45, 2.75) is 75.9 Å². The number of pyridine rings is 1. The molecule has 4 aromatic rings. The Morgan fingerprint density at radius 1 is 1.05 bits per heavy atom. The van der Waals surface area contributed by atoms with E-state index in [4.69, 9.17) is 14.1 Å². The van der Waals surface area contributed by atoms with E-state index in [-0.39, 0.29) is 17.5 Å². The molecule has 8 nitrogen and oxygen atoms in total. The topological polar surface area (TPSA) is 86.3 Å². The monoisotopic (exact) mass is 551 g/mol. The third-order valence-corrected chi connectivity index (χ3v) is 9.33. The summed E-state index contributed by atoms with van der Waals surface area (Å²) >= 11 is 0. The normalized spacial score (nSPS) is 22.3. The fraction of sp³-hybridized carbons (Fsp3) is 0.515. The van der Waals surface area contributed by atoms with Crippen LogP contribution < -0.4 is 5.43 Å². The minimum atomic E-state index is 0.0124. The molecule has 8 rings (SSSR count). The average Bonchev–Trinajstić information content (AvgIpc) is 3.83. The summed E-state index contributed by atoms with van der Waals surface area (Å²) in [6.45, 7) is 5.49. The van der Waals surface area contributed by atoms with Gasteiger partial charge in [0, 0.05) is 44.2 Å². The predicted octanol–water partition coefficient (Wildman–Crippen LogP) is 5.50. The van der Waals surface area contributed by atoms with Gasteiger partial charge >= 0.3 is 0 Å². The molecule has 3 aromatic heterocycles. The zero-order valence-corrected chi connectivity index (χ0v) is 23.9. The quantitative estimate of drug-likeness (QED) is 0.286. The zero-order valence-electron chi connectivity index (χ0n) is 23.9. The summed E-state index contributed by atoms with van der Waals surface area (Å²) < 4.78 is 14.1. The second-order valence-corrected chi connectivity index (χ2v) is 12.8. The van der Waals surface area contributed by atoms with Gasteiger partial charge in [-0.1, -0.05) is 6.07 Å². The second kappa shape index (κ2) is 9.88. The van der Waals surface area contributed by atoms with Gasteiger partial charge in [0.2, 0.25) is 5.43 Å². The van der Waals surface area contributed by atoms with Crippen molar-refractivity contribution < 1.29 is 9.15 Å². The van der Waals surface area contributed by atoms with E-state index < -0.39 is 0 Å². The zero-order chi connectivity index (χ0) is 27.7. The molecule has 3 saturated carbocycles. The highest BCUT2D eigenvalue weighted by molar-refractivity contribution is 5.85. The minimum Gasteiger partial charge on any atom is -0.463 e. The second-order valence-electron chi connectivity index (χ2n) is 12.8. The van der Waals surface area contributed by atoms with Gasteiger partial charge in [-0.15, -0.1) is 10.2 Å². The summed E-state index contributed by atoms with van der Waals surface area (Å²) in [4.78, 5) is 21.8. The van der Waals surface area contributed by atoms with E-state index in [9.17, 15) is 4.79 Å². The first-order valence-electron chi connectivity index (χ1n) is 15.3. The Bertz CT molecular complexity index is 1680. The Kier molecular flexibility index (Phi) is 6.11. The van der Waals surface area contributed by atoms with Gasteiger partial charge in [-0.05, 0) is 92.2 Å². The Morgan fingerprint density at radius 2 is 1.88 bits per heavy atom. The molecule has 212 valence electrons. The number of nitrogens with zero attached hydrogens (tertiary/aromatic N) is 5. The Hall–Kier alpha value is -3.36. The molecule has 0 bridgehead atoms. The van der Waals surface area contributed by atoms with Crippen LogP contribution in [0.15, 0.2) is 46.1 Å². The van der Waals surface area contributed by atoms with Crippen LogP contribution in [0.3, 0.4) is 0 Å².